The zero-order chi connectivity index (χ0) is 15.2. The molecule has 0 bridgehead atoms. The highest BCUT2D eigenvalue weighted by Crippen LogP contribution is 2.26. The fraction of sp³-hybridized carbons (Fsp3) is 0.625. The molecule has 0 radical (unpaired) electrons. The summed E-state index contributed by atoms with van der Waals surface area (Å²) >= 11 is 1.23. The normalized spacial score (nSPS) is 22.0. The third kappa shape index (κ3) is 4.64. The topological polar surface area (TPSA) is 55.4 Å². The fourth-order valence-electron chi connectivity index (χ4n) is 2.64. The lowest BCUT2D eigenvalue weighted by Crippen LogP contribution is -2.31. The highest BCUT2D eigenvalue weighted by Gasteiger charge is 2.21. The third-order valence-corrected chi connectivity index (χ3v) is 5.11. The van der Waals surface area contributed by atoms with Crippen molar-refractivity contribution in [1.29, 1.82) is 0 Å². The van der Waals surface area contributed by atoms with E-state index in [1.54, 1.807) is 12.1 Å². The van der Waals surface area contributed by atoms with Gasteiger partial charge in [-0.15, -0.1) is 11.3 Å². The molecule has 1 aromatic heterocycles. The Hall–Kier alpha value is -1.20. The molecule has 1 aromatic rings. The molecule has 116 valence electrons. The first kappa shape index (κ1) is 16.2. The van der Waals surface area contributed by atoms with Gasteiger partial charge in [-0.1, -0.05) is 19.8 Å². The van der Waals surface area contributed by atoms with Crippen molar-refractivity contribution in [3.05, 3.63) is 21.9 Å². The van der Waals surface area contributed by atoms with Crippen molar-refractivity contribution in [3.8, 4) is 0 Å². The number of hydrogen-bond donors (Lipinski definition) is 1. The molecule has 2 rings (SSSR count). The van der Waals surface area contributed by atoms with Crippen LogP contribution >= 0.6 is 11.3 Å². The minimum absolute atomic E-state index is 0.00586. The predicted molar refractivity (Wildman–Crippen MR) is 84.0 cm³/mol. The van der Waals surface area contributed by atoms with Gasteiger partial charge in [-0.05, 0) is 37.8 Å². The number of ether oxygens (including phenoxy) is 1. The molecule has 0 saturated heterocycles. The first-order valence-corrected chi connectivity index (χ1v) is 8.40. The van der Waals surface area contributed by atoms with Crippen LogP contribution in [0.3, 0.4) is 0 Å². The zero-order valence-corrected chi connectivity index (χ0v) is 13.5. The number of rotatable bonds is 6. The van der Waals surface area contributed by atoms with E-state index in [0.717, 1.165) is 6.42 Å². The maximum atomic E-state index is 11.9. The van der Waals surface area contributed by atoms with E-state index >= 15 is 0 Å². The summed E-state index contributed by atoms with van der Waals surface area (Å²) in [6.45, 7) is 4.80. The summed E-state index contributed by atoms with van der Waals surface area (Å²) in [5, 5.41) is 2.84. The second-order valence-corrected chi connectivity index (χ2v) is 6.73. The summed E-state index contributed by atoms with van der Waals surface area (Å²) in [6, 6.07) is 3.39. The summed E-state index contributed by atoms with van der Waals surface area (Å²) in [7, 11) is 0. The molecule has 1 saturated carbocycles. The Morgan fingerprint density at radius 2 is 2.00 bits per heavy atom. The van der Waals surface area contributed by atoms with E-state index in [-0.39, 0.29) is 11.7 Å². The average Bonchev–Trinajstić information content (AvgIpc) is 2.95. The minimum Gasteiger partial charge on any atom is -0.376 e. The van der Waals surface area contributed by atoms with Crippen molar-refractivity contribution in [2.45, 2.75) is 45.6 Å². The maximum absolute atomic E-state index is 11.9. The lowest BCUT2D eigenvalue weighted by atomic mass is 9.88. The molecule has 0 unspecified atom stereocenters. The number of nitrogens with one attached hydrogen (secondary N) is 1. The fourth-order valence-corrected chi connectivity index (χ4v) is 3.46. The van der Waals surface area contributed by atoms with Gasteiger partial charge in [0.1, 0.15) is 0 Å². The van der Waals surface area contributed by atoms with Crippen LogP contribution in [0.1, 0.15) is 58.9 Å². The van der Waals surface area contributed by atoms with Crippen LogP contribution in [0.25, 0.3) is 0 Å². The quantitative estimate of drug-likeness (QED) is 0.648. The van der Waals surface area contributed by atoms with Crippen LogP contribution in [0, 0.1) is 5.92 Å². The Labute approximate surface area is 129 Å². The lowest BCUT2D eigenvalue weighted by Gasteiger charge is -2.28. The molecule has 1 aliphatic carbocycles. The van der Waals surface area contributed by atoms with E-state index in [1.165, 1.54) is 37.5 Å². The molecule has 1 fully saturated rings. The monoisotopic (exact) mass is 309 g/mol. The Morgan fingerprint density at radius 3 is 2.67 bits per heavy atom. The molecule has 0 aliphatic heterocycles. The van der Waals surface area contributed by atoms with Gasteiger partial charge in [-0.2, -0.15) is 0 Å². The van der Waals surface area contributed by atoms with Gasteiger partial charge in [0.25, 0.3) is 5.91 Å². The van der Waals surface area contributed by atoms with Gasteiger partial charge in [0.05, 0.1) is 22.5 Å². The molecule has 1 N–H and O–H groups in total. The summed E-state index contributed by atoms with van der Waals surface area (Å²) in [5.41, 5.74) is 0. The Balaban J connectivity index is 1.70. The van der Waals surface area contributed by atoms with Crippen molar-refractivity contribution in [1.82, 2.24) is 5.32 Å². The molecule has 0 aromatic carbocycles. The number of carbonyl (C=O) groups excluding carboxylic acids is 2. The molecule has 1 aliphatic rings. The first-order valence-electron chi connectivity index (χ1n) is 7.58. The maximum Gasteiger partial charge on any atom is 0.261 e. The number of hydrogen-bond acceptors (Lipinski definition) is 4. The van der Waals surface area contributed by atoms with E-state index in [4.69, 9.17) is 4.74 Å². The summed E-state index contributed by atoms with van der Waals surface area (Å²) in [5.74, 6) is 0.478. The second-order valence-electron chi connectivity index (χ2n) is 5.65. The van der Waals surface area contributed by atoms with Gasteiger partial charge in [0.15, 0.2) is 5.78 Å². The van der Waals surface area contributed by atoms with Crippen LogP contribution in [0.5, 0.6) is 0 Å². The first-order chi connectivity index (χ1) is 10.1. The summed E-state index contributed by atoms with van der Waals surface area (Å²) in [6.07, 6.45) is 5.24. The molecule has 4 nitrogen and oxygen atoms in total. The zero-order valence-electron chi connectivity index (χ0n) is 12.7. The Kier molecular flexibility index (Phi) is 5.94. The molecule has 2 atom stereocenters. The smallest absolute Gasteiger partial charge is 0.261 e. The number of amides is 1. The van der Waals surface area contributed by atoms with Gasteiger partial charge in [-0.25, -0.2) is 0 Å². The van der Waals surface area contributed by atoms with Crippen LogP contribution in [0.4, 0.5) is 0 Å². The lowest BCUT2D eigenvalue weighted by molar-refractivity contribution is -0.00292. The molecule has 1 heterocycles. The van der Waals surface area contributed by atoms with Gasteiger partial charge in [0, 0.05) is 6.54 Å². The largest absolute Gasteiger partial charge is 0.376 e. The van der Waals surface area contributed by atoms with E-state index in [1.807, 2.05) is 0 Å². The van der Waals surface area contributed by atoms with Crippen LogP contribution in [0.15, 0.2) is 12.1 Å². The van der Waals surface area contributed by atoms with Gasteiger partial charge in [0.2, 0.25) is 0 Å². The van der Waals surface area contributed by atoms with Crippen LogP contribution < -0.4 is 5.32 Å². The van der Waals surface area contributed by atoms with Gasteiger partial charge >= 0.3 is 0 Å². The molecule has 1 amide bonds. The molecule has 21 heavy (non-hydrogen) atoms. The number of Topliss-reactive ketones (excluding diaryl/α,β-unsaturated/α-hetero) is 1. The number of thiophene rings is 1. The molecular weight excluding hydrogens is 286 g/mol. The van der Waals surface area contributed by atoms with Crippen LogP contribution in [-0.2, 0) is 4.74 Å². The Morgan fingerprint density at radius 1 is 1.29 bits per heavy atom. The van der Waals surface area contributed by atoms with Crippen molar-refractivity contribution in [3.63, 3.8) is 0 Å². The number of ketones is 1. The SMILES string of the molecule is CC(=O)c1ccc(C(=O)NCCO[C@H]2CCCC[C@H]2C)s1. The van der Waals surface area contributed by atoms with E-state index in [0.29, 0.717) is 34.9 Å². The van der Waals surface area contributed by atoms with Gasteiger partial charge in [-0.3, -0.25) is 9.59 Å². The van der Waals surface area contributed by atoms with E-state index in [2.05, 4.69) is 12.2 Å². The highest BCUT2D eigenvalue weighted by atomic mass is 32.1. The Bertz CT molecular complexity index is 497. The predicted octanol–water partition coefficient (Wildman–Crippen LogP) is 3.28. The van der Waals surface area contributed by atoms with Crippen molar-refractivity contribution in [2.75, 3.05) is 13.2 Å². The standard InChI is InChI=1S/C16H23NO3S/c1-11-5-3-4-6-13(11)20-10-9-17-16(19)15-8-7-14(21-15)12(2)18/h7-8,11,13H,3-6,9-10H2,1-2H3,(H,17,19)/t11-,13+/m1/s1. The van der Waals surface area contributed by atoms with E-state index < -0.39 is 0 Å². The molecular formula is C16H23NO3S. The average molecular weight is 309 g/mol. The third-order valence-electron chi connectivity index (χ3n) is 3.93. The van der Waals surface area contributed by atoms with Crippen LogP contribution in [0.2, 0.25) is 0 Å². The molecule has 0 spiro atoms. The van der Waals surface area contributed by atoms with Crippen molar-refractivity contribution in [2.24, 2.45) is 5.92 Å². The second kappa shape index (κ2) is 7.71. The summed E-state index contributed by atoms with van der Waals surface area (Å²) in [4.78, 5) is 24.3. The minimum atomic E-state index is -0.132. The van der Waals surface area contributed by atoms with E-state index in [9.17, 15) is 9.59 Å². The van der Waals surface area contributed by atoms with Crippen molar-refractivity contribution < 1.29 is 14.3 Å². The molecule has 5 heteroatoms. The van der Waals surface area contributed by atoms with Gasteiger partial charge < -0.3 is 10.1 Å². The van der Waals surface area contributed by atoms with Crippen molar-refractivity contribution >= 4 is 23.0 Å². The summed E-state index contributed by atoms with van der Waals surface area (Å²) < 4.78 is 5.86. The van der Waals surface area contributed by atoms with Crippen LogP contribution in [-0.4, -0.2) is 30.9 Å². The number of carbonyl (C=O) groups is 2. The highest BCUT2D eigenvalue weighted by molar-refractivity contribution is 7.15.